The van der Waals surface area contributed by atoms with Gasteiger partial charge in [0.2, 0.25) is 0 Å². The third kappa shape index (κ3) is 2.85. The smallest absolute Gasteiger partial charge is 0.317 e. The van der Waals surface area contributed by atoms with Crippen molar-refractivity contribution in [1.29, 1.82) is 0 Å². The van der Waals surface area contributed by atoms with Gasteiger partial charge in [0.05, 0.1) is 12.0 Å². The highest BCUT2D eigenvalue weighted by atomic mass is 16.4. The van der Waals surface area contributed by atoms with E-state index in [1.165, 1.54) is 0 Å². The second-order valence-corrected chi connectivity index (χ2v) is 7.95. The number of hydrogen-bond acceptors (Lipinski definition) is 4. The summed E-state index contributed by atoms with van der Waals surface area (Å²) in [5.41, 5.74) is -0.901. The Morgan fingerprint density at radius 3 is 2.79 bits per heavy atom. The van der Waals surface area contributed by atoms with E-state index < -0.39 is 11.4 Å². The average Bonchev–Trinajstić information content (AvgIpc) is 3.17. The molecule has 8 nitrogen and oxygen atoms in total. The van der Waals surface area contributed by atoms with Gasteiger partial charge in [-0.2, -0.15) is 5.10 Å². The van der Waals surface area contributed by atoms with Gasteiger partial charge in [-0.15, -0.1) is 0 Å². The summed E-state index contributed by atoms with van der Waals surface area (Å²) in [4.78, 5) is 30.1. The lowest BCUT2D eigenvalue weighted by atomic mass is 9.81. The van der Waals surface area contributed by atoms with E-state index in [1.807, 2.05) is 20.8 Å². The van der Waals surface area contributed by atoms with Gasteiger partial charge in [0.25, 0.3) is 0 Å². The number of aromatic nitrogens is 3. The minimum absolute atomic E-state index is 0.0681. The lowest BCUT2D eigenvalue weighted by Crippen LogP contribution is -2.41. The number of rotatable bonds is 3. The molecule has 2 heterocycles. The van der Waals surface area contributed by atoms with Gasteiger partial charge < -0.3 is 15.3 Å². The number of amides is 2. The minimum Gasteiger partial charge on any atom is -0.481 e. The Hall–Kier alpha value is -2.12. The molecule has 3 rings (SSSR count). The van der Waals surface area contributed by atoms with E-state index >= 15 is 0 Å². The number of H-pyrrole nitrogens is 1. The average molecular weight is 335 g/mol. The van der Waals surface area contributed by atoms with E-state index in [0.29, 0.717) is 31.2 Å². The third-order valence-corrected chi connectivity index (χ3v) is 5.19. The van der Waals surface area contributed by atoms with Gasteiger partial charge in [-0.05, 0) is 18.8 Å². The number of carboxylic acids is 1. The molecule has 0 bridgehead atoms. The number of aliphatic carboxylic acids is 1. The van der Waals surface area contributed by atoms with Crippen LogP contribution in [0, 0.1) is 11.3 Å². The van der Waals surface area contributed by atoms with Crippen molar-refractivity contribution in [2.75, 3.05) is 13.1 Å². The molecule has 0 spiro atoms. The number of aromatic amines is 1. The molecule has 1 aliphatic heterocycles. The summed E-state index contributed by atoms with van der Waals surface area (Å²) in [6, 6.07) is -0.237. The second kappa shape index (κ2) is 5.75. The number of carbonyl (C=O) groups excluding carboxylic acids is 1. The fourth-order valence-electron chi connectivity index (χ4n) is 3.77. The maximum Gasteiger partial charge on any atom is 0.317 e. The Balaban J connectivity index is 1.59. The summed E-state index contributed by atoms with van der Waals surface area (Å²) in [5.74, 6) is 0.594. The normalized spacial score (nSPS) is 26.5. The van der Waals surface area contributed by atoms with Crippen LogP contribution >= 0.6 is 0 Å². The van der Waals surface area contributed by atoms with E-state index in [2.05, 4.69) is 20.5 Å². The highest BCUT2D eigenvalue weighted by molar-refractivity contribution is 5.80. The first-order chi connectivity index (χ1) is 11.2. The van der Waals surface area contributed by atoms with E-state index in [-0.39, 0.29) is 23.9 Å². The zero-order valence-corrected chi connectivity index (χ0v) is 14.4. The molecule has 3 N–H and O–H groups in total. The van der Waals surface area contributed by atoms with Gasteiger partial charge in [-0.3, -0.25) is 9.89 Å². The predicted octanol–water partition coefficient (Wildman–Crippen LogP) is 1.50. The Morgan fingerprint density at radius 1 is 1.46 bits per heavy atom. The largest absolute Gasteiger partial charge is 0.481 e. The Morgan fingerprint density at radius 2 is 2.21 bits per heavy atom. The highest BCUT2D eigenvalue weighted by Crippen LogP contribution is 2.48. The lowest BCUT2D eigenvalue weighted by molar-refractivity contribution is -0.149. The molecule has 132 valence electrons. The fraction of sp³-hybridized carbons (Fsp3) is 0.750. The summed E-state index contributed by atoms with van der Waals surface area (Å²) in [6.07, 6.45) is 2.47. The number of nitrogens with one attached hydrogen (secondary N) is 2. The SMILES string of the molecule is CC(C)(C)c1n[nH]c(CNC(=O)N2C[C@@H]3CCC[C@@]3(C(=O)O)C2)n1. The van der Waals surface area contributed by atoms with Gasteiger partial charge >= 0.3 is 12.0 Å². The highest BCUT2D eigenvalue weighted by Gasteiger charge is 2.55. The number of nitrogens with zero attached hydrogens (tertiary/aromatic N) is 3. The zero-order chi connectivity index (χ0) is 17.5. The number of urea groups is 1. The van der Waals surface area contributed by atoms with Crippen LogP contribution in [0.5, 0.6) is 0 Å². The van der Waals surface area contributed by atoms with Crippen molar-refractivity contribution in [1.82, 2.24) is 25.4 Å². The van der Waals surface area contributed by atoms with Gasteiger partial charge in [-0.25, -0.2) is 9.78 Å². The lowest BCUT2D eigenvalue weighted by Gasteiger charge is -2.23. The van der Waals surface area contributed by atoms with E-state index in [9.17, 15) is 14.7 Å². The number of fused-ring (bicyclic) bond motifs is 1. The van der Waals surface area contributed by atoms with Crippen LogP contribution < -0.4 is 5.32 Å². The van der Waals surface area contributed by atoms with E-state index in [1.54, 1.807) is 4.90 Å². The minimum atomic E-state index is -0.773. The van der Waals surface area contributed by atoms with Crippen molar-refractivity contribution in [3.05, 3.63) is 11.6 Å². The molecule has 2 fully saturated rings. The molecular formula is C16H25N5O3. The fourth-order valence-corrected chi connectivity index (χ4v) is 3.77. The second-order valence-electron chi connectivity index (χ2n) is 7.95. The van der Waals surface area contributed by atoms with Crippen molar-refractivity contribution in [2.45, 2.75) is 52.0 Å². The molecular weight excluding hydrogens is 310 g/mol. The summed E-state index contributed by atoms with van der Waals surface area (Å²) in [6.45, 7) is 7.13. The van der Waals surface area contributed by atoms with Crippen molar-refractivity contribution in [3.8, 4) is 0 Å². The van der Waals surface area contributed by atoms with Crippen LogP contribution in [-0.2, 0) is 16.8 Å². The first-order valence-electron chi connectivity index (χ1n) is 8.40. The van der Waals surface area contributed by atoms with E-state index in [0.717, 1.165) is 12.8 Å². The number of likely N-dealkylation sites (tertiary alicyclic amines) is 1. The van der Waals surface area contributed by atoms with Crippen LogP contribution in [0.25, 0.3) is 0 Å². The standard InChI is InChI=1S/C16H25N5O3/c1-15(2,3)12-18-11(19-20-12)7-17-14(24)21-8-10-5-4-6-16(10,9-21)13(22)23/h10H,4-9H2,1-3H3,(H,17,24)(H,22,23)(H,18,19,20)/t10-,16+/m0/s1. The Labute approximate surface area is 141 Å². The molecule has 2 amide bonds. The van der Waals surface area contributed by atoms with Gasteiger partial charge in [0.15, 0.2) is 5.82 Å². The maximum atomic E-state index is 12.4. The van der Waals surface area contributed by atoms with Crippen molar-refractivity contribution >= 4 is 12.0 Å². The van der Waals surface area contributed by atoms with Crippen LogP contribution in [0.3, 0.4) is 0 Å². The molecule has 1 aliphatic carbocycles. The monoisotopic (exact) mass is 335 g/mol. The number of carbonyl (C=O) groups is 2. The van der Waals surface area contributed by atoms with Crippen LogP contribution in [-0.4, -0.2) is 50.3 Å². The van der Waals surface area contributed by atoms with Crippen LogP contribution in [0.15, 0.2) is 0 Å². The maximum absolute atomic E-state index is 12.4. The summed E-state index contributed by atoms with van der Waals surface area (Å²) < 4.78 is 0. The quantitative estimate of drug-likeness (QED) is 0.775. The molecule has 1 saturated carbocycles. The Bertz CT molecular complexity index is 650. The molecule has 2 atom stereocenters. The van der Waals surface area contributed by atoms with Gasteiger partial charge in [-0.1, -0.05) is 27.2 Å². The summed E-state index contributed by atoms with van der Waals surface area (Å²) >= 11 is 0. The van der Waals surface area contributed by atoms with E-state index in [4.69, 9.17) is 0 Å². The molecule has 24 heavy (non-hydrogen) atoms. The van der Waals surface area contributed by atoms with Crippen LogP contribution in [0.1, 0.15) is 51.7 Å². The Kier molecular flexibility index (Phi) is 4.01. The third-order valence-electron chi connectivity index (χ3n) is 5.19. The summed E-state index contributed by atoms with van der Waals surface area (Å²) in [7, 11) is 0. The first-order valence-corrected chi connectivity index (χ1v) is 8.40. The molecule has 0 unspecified atom stereocenters. The molecule has 0 aromatic carbocycles. The molecule has 1 aromatic heterocycles. The molecule has 2 aliphatic rings. The van der Waals surface area contributed by atoms with Crippen LogP contribution in [0.2, 0.25) is 0 Å². The molecule has 0 radical (unpaired) electrons. The predicted molar refractivity (Wildman–Crippen MR) is 86.3 cm³/mol. The molecule has 1 saturated heterocycles. The van der Waals surface area contributed by atoms with Gasteiger partial charge in [0, 0.05) is 18.5 Å². The van der Waals surface area contributed by atoms with Crippen LogP contribution in [0.4, 0.5) is 4.79 Å². The van der Waals surface area contributed by atoms with Crippen molar-refractivity contribution in [3.63, 3.8) is 0 Å². The summed E-state index contributed by atoms with van der Waals surface area (Å²) in [5, 5.41) is 19.4. The molecule has 1 aromatic rings. The van der Waals surface area contributed by atoms with Crippen molar-refractivity contribution < 1.29 is 14.7 Å². The van der Waals surface area contributed by atoms with Crippen molar-refractivity contribution in [2.24, 2.45) is 11.3 Å². The number of hydrogen-bond donors (Lipinski definition) is 3. The van der Waals surface area contributed by atoms with Gasteiger partial charge in [0.1, 0.15) is 5.82 Å². The number of carboxylic acid groups (broad SMARTS) is 1. The topological polar surface area (TPSA) is 111 Å². The first kappa shape index (κ1) is 16.7. The molecule has 8 heteroatoms. The zero-order valence-electron chi connectivity index (χ0n) is 14.4.